The Morgan fingerprint density at radius 2 is 1.76 bits per heavy atom. The second-order valence-electron chi connectivity index (χ2n) is 6.40. The maximum atomic E-state index is 3.84. The highest BCUT2D eigenvalue weighted by molar-refractivity contribution is 4.93. The van der Waals surface area contributed by atoms with Crippen LogP contribution in [0, 0.1) is 23.7 Å². The molecular formula is C16H31N. The summed E-state index contributed by atoms with van der Waals surface area (Å²) >= 11 is 0. The third-order valence-corrected chi connectivity index (χ3v) is 5.33. The second kappa shape index (κ2) is 6.22. The molecule has 0 spiro atoms. The molecule has 2 saturated carbocycles. The van der Waals surface area contributed by atoms with Crippen LogP contribution in [-0.4, -0.2) is 12.6 Å². The van der Waals surface area contributed by atoms with E-state index >= 15 is 0 Å². The summed E-state index contributed by atoms with van der Waals surface area (Å²) in [6, 6.07) is 0.803. The van der Waals surface area contributed by atoms with Crippen LogP contribution in [0.25, 0.3) is 0 Å². The van der Waals surface area contributed by atoms with Gasteiger partial charge in [0, 0.05) is 6.04 Å². The smallest absolute Gasteiger partial charge is 0.0126 e. The molecule has 17 heavy (non-hydrogen) atoms. The van der Waals surface area contributed by atoms with Crippen LogP contribution in [0.2, 0.25) is 0 Å². The molecule has 4 atom stereocenters. The van der Waals surface area contributed by atoms with Crippen LogP contribution >= 0.6 is 0 Å². The summed E-state index contributed by atoms with van der Waals surface area (Å²) in [6.07, 6.45) is 10.3. The van der Waals surface area contributed by atoms with E-state index in [4.69, 9.17) is 0 Å². The molecule has 100 valence electrons. The third kappa shape index (κ3) is 3.24. The van der Waals surface area contributed by atoms with Gasteiger partial charge in [-0.3, -0.25) is 0 Å². The lowest BCUT2D eigenvalue weighted by molar-refractivity contribution is 0.135. The summed E-state index contributed by atoms with van der Waals surface area (Å²) in [5, 5.41) is 3.84. The zero-order valence-electron chi connectivity index (χ0n) is 12.0. The first-order valence-electron chi connectivity index (χ1n) is 8.01. The Balaban J connectivity index is 2.01. The minimum atomic E-state index is 0.803. The van der Waals surface area contributed by atoms with E-state index in [0.29, 0.717) is 0 Å². The van der Waals surface area contributed by atoms with Gasteiger partial charge < -0.3 is 5.32 Å². The van der Waals surface area contributed by atoms with E-state index in [1.165, 1.54) is 44.9 Å². The maximum absolute atomic E-state index is 3.84. The maximum Gasteiger partial charge on any atom is 0.0126 e. The van der Waals surface area contributed by atoms with Gasteiger partial charge in [0.05, 0.1) is 0 Å². The summed E-state index contributed by atoms with van der Waals surface area (Å²) in [5.41, 5.74) is 0. The Bertz CT molecular complexity index is 222. The molecule has 0 aromatic heterocycles. The van der Waals surface area contributed by atoms with Crippen molar-refractivity contribution in [3.8, 4) is 0 Å². The molecule has 0 aliphatic heterocycles. The van der Waals surface area contributed by atoms with Crippen molar-refractivity contribution in [3.63, 3.8) is 0 Å². The van der Waals surface area contributed by atoms with Crippen molar-refractivity contribution >= 4 is 0 Å². The summed E-state index contributed by atoms with van der Waals surface area (Å²) in [5.74, 6) is 3.91. The SMILES string of the molecule is CCNC(C(C)C1CC1)C1CCCCC1CC. The first kappa shape index (κ1) is 13.4. The fraction of sp³-hybridized carbons (Fsp3) is 1.00. The first-order chi connectivity index (χ1) is 8.27. The predicted molar refractivity (Wildman–Crippen MR) is 75.1 cm³/mol. The van der Waals surface area contributed by atoms with Gasteiger partial charge in [0.15, 0.2) is 0 Å². The molecule has 0 amide bonds. The minimum absolute atomic E-state index is 0.803. The van der Waals surface area contributed by atoms with Crippen molar-refractivity contribution < 1.29 is 0 Å². The number of nitrogens with one attached hydrogen (secondary N) is 1. The number of hydrogen-bond acceptors (Lipinski definition) is 1. The molecule has 0 bridgehead atoms. The van der Waals surface area contributed by atoms with Crippen LogP contribution < -0.4 is 5.32 Å². The molecule has 0 radical (unpaired) electrons. The lowest BCUT2D eigenvalue weighted by Gasteiger charge is -2.40. The largest absolute Gasteiger partial charge is 0.314 e. The van der Waals surface area contributed by atoms with Gasteiger partial charge in [0.1, 0.15) is 0 Å². The van der Waals surface area contributed by atoms with E-state index in [-0.39, 0.29) is 0 Å². The Kier molecular flexibility index (Phi) is 4.90. The van der Waals surface area contributed by atoms with Crippen LogP contribution in [0.15, 0.2) is 0 Å². The van der Waals surface area contributed by atoms with Gasteiger partial charge in [0.2, 0.25) is 0 Å². The minimum Gasteiger partial charge on any atom is -0.314 e. The average molecular weight is 237 g/mol. The zero-order chi connectivity index (χ0) is 12.3. The second-order valence-corrected chi connectivity index (χ2v) is 6.40. The van der Waals surface area contributed by atoms with Gasteiger partial charge in [-0.1, -0.05) is 46.5 Å². The molecule has 0 aromatic carbocycles. The van der Waals surface area contributed by atoms with Gasteiger partial charge in [-0.25, -0.2) is 0 Å². The van der Waals surface area contributed by atoms with Gasteiger partial charge in [-0.2, -0.15) is 0 Å². The van der Waals surface area contributed by atoms with Crippen LogP contribution in [0.5, 0.6) is 0 Å². The topological polar surface area (TPSA) is 12.0 Å². The molecule has 0 heterocycles. The molecule has 2 aliphatic rings. The fourth-order valence-corrected chi connectivity index (χ4v) is 4.09. The lowest BCUT2D eigenvalue weighted by Crippen LogP contribution is -2.45. The molecule has 1 nitrogen and oxygen atoms in total. The molecule has 0 saturated heterocycles. The van der Waals surface area contributed by atoms with Crippen molar-refractivity contribution in [1.29, 1.82) is 0 Å². The molecule has 2 rings (SSSR count). The third-order valence-electron chi connectivity index (χ3n) is 5.33. The normalized spacial score (nSPS) is 33.4. The lowest BCUT2D eigenvalue weighted by atomic mass is 9.70. The van der Waals surface area contributed by atoms with Crippen LogP contribution in [0.3, 0.4) is 0 Å². The van der Waals surface area contributed by atoms with Crippen molar-refractivity contribution in [2.24, 2.45) is 23.7 Å². The molecule has 1 heteroatoms. The van der Waals surface area contributed by atoms with E-state index in [9.17, 15) is 0 Å². The van der Waals surface area contributed by atoms with Crippen LogP contribution in [-0.2, 0) is 0 Å². The Morgan fingerprint density at radius 1 is 1.06 bits per heavy atom. The Labute approximate surface area is 108 Å². The molecule has 2 aliphatic carbocycles. The fourth-order valence-electron chi connectivity index (χ4n) is 4.09. The van der Waals surface area contributed by atoms with Crippen LogP contribution in [0.1, 0.15) is 65.7 Å². The van der Waals surface area contributed by atoms with Gasteiger partial charge >= 0.3 is 0 Å². The Hall–Kier alpha value is -0.0400. The Morgan fingerprint density at radius 3 is 2.35 bits per heavy atom. The predicted octanol–water partition coefficient (Wildman–Crippen LogP) is 4.23. The van der Waals surface area contributed by atoms with E-state index < -0.39 is 0 Å². The number of rotatable bonds is 6. The van der Waals surface area contributed by atoms with Crippen molar-refractivity contribution in [2.45, 2.75) is 71.8 Å². The van der Waals surface area contributed by atoms with Crippen molar-refractivity contribution in [1.82, 2.24) is 5.32 Å². The van der Waals surface area contributed by atoms with Gasteiger partial charge in [-0.05, 0) is 49.5 Å². The van der Waals surface area contributed by atoms with Gasteiger partial charge in [-0.15, -0.1) is 0 Å². The molecule has 0 aromatic rings. The molecular weight excluding hydrogens is 206 g/mol. The first-order valence-corrected chi connectivity index (χ1v) is 8.01. The number of hydrogen-bond donors (Lipinski definition) is 1. The van der Waals surface area contributed by atoms with E-state index in [1.807, 2.05) is 0 Å². The molecule has 2 fully saturated rings. The summed E-state index contributed by atoms with van der Waals surface area (Å²) in [7, 11) is 0. The van der Waals surface area contributed by atoms with Gasteiger partial charge in [0.25, 0.3) is 0 Å². The van der Waals surface area contributed by atoms with E-state index in [1.54, 1.807) is 0 Å². The zero-order valence-corrected chi connectivity index (χ0v) is 12.0. The average Bonchev–Trinajstić information content (AvgIpc) is 3.19. The summed E-state index contributed by atoms with van der Waals surface area (Å²) in [4.78, 5) is 0. The highest BCUT2D eigenvalue weighted by Gasteiger charge is 2.39. The summed E-state index contributed by atoms with van der Waals surface area (Å²) in [6.45, 7) is 8.32. The summed E-state index contributed by atoms with van der Waals surface area (Å²) < 4.78 is 0. The standard InChI is InChI=1S/C16H31N/c1-4-13-8-6-7-9-15(13)16(17-5-2)12(3)14-10-11-14/h12-17H,4-11H2,1-3H3. The van der Waals surface area contributed by atoms with Crippen molar-refractivity contribution in [3.05, 3.63) is 0 Å². The molecule has 4 unspecified atom stereocenters. The highest BCUT2D eigenvalue weighted by Crippen LogP contribution is 2.44. The van der Waals surface area contributed by atoms with E-state index in [2.05, 4.69) is 26.1 Å². The highest BCUT2D eigenvalue weighted by atomic mass is 14.9. The van der Waals surface area contributed by atoms with Crippen molar-refractivity contribution in [2.75, 3.05) is 6.54 Å². The van der Waals surface area contributed by atoms with Crippen LogP contribution in [0.4, 0.5) is 0 Å². The monoisotopic (exact) mass is 237 g/mol. The quantitative estimate of drug-likeness (QED) is 0.729. The van der Waals surface area contributed by atoms with E-state index in [0.717, 1.165) is 36.3 Å². The molecule has 1 N–H and O–H groups in total.